The van der Waals surface area contributed by atoms with E-state index in [-0.39, 0.29) is 41.1 Å². The van der Waals surface area contributed by atoms with Gasteiger partial charge in [0.1, 0.15) is 17.7 Å². The van der Waals surface area contributed by atoms with E-state index in [1.54, 1.807) is 25.2 Å². The summed E-state index contributed by atoms with van der Waals surface area (Å²) in [5, 5.41) is 6.15. The van der Waals surface area contributed by atoms with Gasteiger partial charge in [-0.05, 0) is 83.8 Å². The number of nitrogens with two attached hydrogens (primary N) is 1. The van der Waals surface area contributed by atoms with Crippen molar-refractivity contribution in [2.24, 2.45) is 0 Å². The maximum atomic E-state index is 15.2. The van der Waals surface area contributed by atoms with Gasteiger partial charge in [0, 0.05) is 37.1 Å². The Bertz CT molecular complexity index is 1950. The Balaban J connectivity index is 1.44. The number of pyridine rings is 1. The highest BCUT2D eigenvalue weighted by Crippen LogP contribution is 2.37. The van der Waals surface area contributed by atoms with Crippen LogP contribution in [-0.2, 0) is 25.9 Å². The van der Waals surface area contributed by atoms with Gasteiger partial charge in [-0.1, -0.05) is 25.1 Å². The van der Waals surface area contributed by atoms with Crippen LogP contribution in [0.15, 0.2) is 65.7 Å². The average molecular weight is 632 g/mol. The molecule has 1 aromatic heterocycles. The van der Waals surface area contributed by atoms with Crippen molar-refractivity contribution in [3.05, 3.63) is 88.9 Å². The second-order valence-electron chi connectivity index (χ2n) is 11.8. The number of hydrogen-bond donors (Lipinski definition) is 3. The number of halogens is 1. The molecule has 0 saturated heterocycles. The van der Waals surface area contributed by atoms with Crippen molar-refractivity contribution >= 4 is 49.8 Å². The number of nitrogens with zero attached hydrogens (tertiary/aromatic N) is 2. The van der Waals surface area contributed by atoms with Gasteiger partial charge in [0.05, 0.1) is 22.1 Å². The molecule has 3 aliphatic rings. The van der Waals surface area contributed by atoms with Gasteiger partial charge in [-0.25, -0.2) is 22.6 Å². The van der Waals surface area contributed by atoms with Crippen molar-refractivity contribution in [3.8, 4) is 0 Å². The molecule has 12 heteroatoms. The zero-order valence-electron chi connectivity index (χ0n) is 25.1. The summed E-state index contributed by atoms with van der Waals surface area (Å²) in [6.45, 7) is 3.88. The van der Waals surface area contributed by atoms with Crippen LogP contribution in [0.4, 0.5) is 26.4 Å². The van der Waals surface area contributed by atoms with Crippen LogP contribution < -0.4 is 16.4 Å². The maximum absolute atomic E-state index is 15.2. The topological polar surface area (TPSA) is 144 Å². The van der Waals surface area contributed by atoms with Gasteiger partial charge in [0.2, 0.25) is 5.91 Å². The summed E-state index contributed by atoms with van der Waals surface area (Å²) in [6, 6.07) is 13.8. The van der Waals surface area contributed by atoms with E-state index in [1.165, 1.54) is 29.3 Å². The third kappa shape index (κ3) is 6.02. The predicted octanol–water partition coefficient (Wildman–Crippen LogP) is 5.68. The summed E-state index contributed by atoms with van der Waals surface area (Å²) >= 11 is 0. The largest absolute Gasteiger partial charge is 0.449 e. The Morgan fingerprint density at radius 1 is 1.09 bits per heavy atom. The Kier molecular flexibility index (Phi) is 7.86. The molecule has 2 unspecified atom stereocenters. The number of sulfone groups is 1. The molecular formula is C33H34FN5O5S. The Hall–Kier alpha value is -4.71. The van der Waals surface area contributed by atoms with Crippen LogP contribution in [0, 0.1) is 12.7 Å². The van der Waals surface area contributed by atoms with Gasteiger partial charge in [-0.2, -0.15) is 0 Å². The molecule has 7 rings (SSSR count). The van der Waals surface area contributed by atoms with Gasteiger partial charge >= 0.3 is 6.09 Å². The number of nitrogens with one attached hydrogen (secondary N) is 2. The first-order chi connectivity index (χ1) is 21.4. The zero-order chi connectivity index (χ0) is 32.0. The number of benzene rings is 3. The van der Waals surface area contributed by atoms with E-state index in [9.17, 15) is 18.0 Å². The number of likely N-dealkylation sites (N-methyl/N-ethyl adjacent to an activating group) is 1. The molecule has 4 bridgehead atoms. The minimum atomic E-state index is -3.63. The van der Waals surface area contributed by atoms with Gasteiger partial charge in [-0.3, -0.25) is 10.1 Å². The molecule has 0 radical (unpaired) electrons. The van der Waals surface area contributed by atoms with Crippen molar-refractivity contribution in [2.75, 3.05) is 30.0 Å². The first kappa shape index (κ1) is 30.3. The first-order valence-electron chi connectivity index (χ1n) is 14.7. The minimum Gasteiger partial charge on any atom is -0.449 e. The second-order valence-corrected chi connectivity index (χ2v) is 14.0. The van der Waals surface area contributed by atoms with E-state index < -0.39 is 33.0 Å². The van der Waals surface area contributed by atoms with Gasteiger partial charge in [-0.15, -0.1) is 0 Å². The summed E-state index contributed by atoms with van der Waals surface area (Å²) in [5.74, 6) is -1.04. The molecule has 2 atom stereocenters. The Morgan fingerprint density at radius 3 is 2.60 bits per heavy atom. The third-order valence-electron chi connectivity index (χ3n) is 8.39. The van der Waals surface area contributed by atoms with Crippen molar-refractivity contribution in [1.29, 1.82) is 0 Å². The van der Waals surface area contributed by atoms with E-state index in [1.807, 2.05) is 32.0 Å². The number of ether oxygens (including phenoxy) is 1. The lowest BCUT2D eigenvalue weighted by Crippen LogP contribution is -2.35. The standard InChI is InChI=1S/C33H34FN5O5S/c1-18-12-21-4-8-26(18)19(2)17-44-33(41)38-23-5-9-28(45(42,43)25-6-7-25)22(14-23)16-39(3)32(40)30(21)37-24-13-20-10-11-36-31(35)29(20)27(34)15-24/h4-5,8-15,19,25,30,37H,6-7,16-17H2,1-3H3,(H2,35,36)(H,38,41). The molecule has 3 heterocycles. The molecule has 10 nitrogen and oxygen atoms in total. The number of amides is 2. The van der Waals surface area contributed by atoms with Crippen LogP contribution in [0.1, 0.15) is 54.0 Å². The summed E-state index contributed by atoms with van der Waals surface area (Å²) in [4.78, 5) is 32.5. The highest BCUT2D eigenvalue weighted by Gasteiger charge is 2.38. The van der Waals surface area contributed by atoms with Crippen LogP contribution in [0.25, 0.3) is 10.8 Å². The molecule has 234 valence electrons. The number of nitrogen functional groups attached to an aromatic ring is 1. The highest BCUT2D eigenvalue weighted by molar-refractivity contribution is 7.92. The number of anilines is 3. The molecule has 2 aliphatic heterocycles. The summed E-state index contributed by atoms with van der Waals surface area (Å²) in [7, 11) is -2.05. The van der Waals surface area contributed by atoms with Crippen molar-refractivity contribution in [3.63, 3.8) is 0 Å². The molecule has 0 spiro atoms. The third-order valence-corrected chi connectivity index (χ3v) is 10.7. The number of aromatic nitrogens is 1. The molecular weight excluding hydrogens is 597 g/mol. The maximum Gasteiger partial charge on any atom is 0.411 e. The van der Waals surface area contributed by atoms with Crippen LogP contribution in [-0.4, -0.2) is 49.2 Å². The monoisotopic (exact) mass is 631 g/mol. The van der Waals surface area contributed by atoms with Crippen LogP contribution in [0.5, 0.6) is 0 Å². The Morgan fingerprint density at radius 2 is 1.87 bits per heavy atom. The second kappa shape index (κ2) is 11.7. The van der Waals surface area contributed by atoms with E-state index in [4.69, 9.17) is 10.5 Å². The minimum absolute atomic E-state index is 0.0642. The smallest absolute Gasteiger partial charge is 0.411 e. The lowest BCUT2D eigenvalue weighted by Gasteiger charge is -2.28. The van der Waals surface area contributed by atoms with Crippen molar-refractivity contribution in [1.82, 2.24) is 9.88 Å². The highest BCUT2D eigenvalue weighted by atomic mass is 32.2. The lowest BCUT2D eigenvalue weighted by atomic mass is 9.93. The zero-order valence-corrected chi connectivity index (χ0v) is 25.9. The van der Waals surface area contributed by atoms with E-state index in [0.29, 0.717) is 40.7 Å². The summed E-state index contributed by atoms with van der Waals surface area (Å²) in [6.07, 6.45) is 1.97. The Labute approximate surface area is 260 Å². The fourth-order valence-electron chi connectivity index (χ4n) is 5.88. The number of carbonyl (C=O) groups is 2. The number of hydrogen-bond acceptors (Lipinski definition) is 8. The number of fused-ring (bicyclic) bond motifs is 10. The first-order valence-corrected chi connectivity index (χ1v) is 16.2. The molecule has 3 aromatic carbocycles. The SMILES string of the molecule is Cc1cc2ccc1C(C)COC(=O)Nc1ccc(S(=O)(=O)C3CC3)c(c1)CN(C)C(=O)C2Nc1cc(F)c2c(N)nccc2c1. The fraction of sp³-hybridized carbons (Fsp3) is 0.303. The van der Waals surface area contributed by atoms with E-state index in [0.717, 1.165) is 11.1 Å². The molecule has 4 aromatic rings. The molecule has 2 amide bonds. The van der Waals surface area contributed by atoms with Gasteiger partial charge in [0.25, 0.3) is 0 Å². The molecule has 1 fully saturated rings. The molecule has 45 heavy (non-hydrogen) atoms. The number of rotatable bonds is 4. The van der Waals surface area contributed by atoms with Crippen LogP contribution in [0.3, 0.4) is 0 Å². The van der Waals surface area contributed by atoms with Crippen molar-refractivity contribution in [2.45, 2.75) is 55.3 Å². The summed E-state index contributed by atoms with van der Waals surface area (Å²) < 4.78 is 47.5. The van der Waals surface area contributed by atoms with Gasteiger partial charge in [0.15, 0.2) is 9.84 Å². The number of aryl methyl sites for hydroxylation is 1. The van der Waals surface area contributed by atoms with Crippen LogP contribution in [0.2, 0.25) is 0 Å². The lowest BCUT2D eigenvalue weighted by molar-refractivity contribution is -0.131. The van der Waals surface area contributed by atoms with E-state index in [2.05, 4.69) is 15.6 Å². The molecule has 1 aliphatic carbocycles. The molecule has 4 N–H and O–H groups in total. The van der Waals surface area contributed by atoms with Crippen molar-refractivity contribution < 1.29 is 27.1 Å². The molecule has 1 saturated carbocycles. The van der Waals surface area contributed by atoms with Gasteiger partial charge < -0.3 is 20.7 Å². The quantitative estimate of drug-likeness (QED) is 0.261. The predicted molar refractivity (Wildman–Crippen MR) is 170 cm³/mol. The average Bonchev–Trinajstić information content (AvgIpc) is 3.84. The van der Waals surface area contributed by atoms with Crippen LogP contribution >= 0.6 is 0 Å². The number of carbonyl (C=O) groups excluding carboxylic acids is 2. The fourth-order valence-corrected chi connectivity index (χ4v) is 7.74. The normalized spacial score (nSPS) is 19.3. The summed E-state index contributed by atoms with van der Waals surface area (Å²) in [5.41, 5.74) is 9.43. The van der Waals surface area contributed by atoms with E-state index >= 15 is 4.39 Å².